The third-order valence-corrected chi connectivity index (χ3v) is 3.34. The molecule has 0 bridgehead atoms. The molecule has 2 fully saturated rings. The van der Waals surface area contributed by atoms with Crippen LogP contribution in [0.2, 0.25) is 0 Å². The van der Waals surface area contributed by atoms with Gasteiger partial charge in [0.05, 0.1) is 0 Å². The van der Waals surface area contributed by atoms with Gasteiger partial charge in [-0.3, -0.25) is 0 Å². The third kappa shape index (κ3) is 2.41. The van der Waals surface area contributed by atoms with E-state index >= 15 is 0 Å². The largest absolute Gasteiger partial charge is 0.483 e. The van der Waals surface area contributed by atoms with Crippen LogP contribution in [0.15, 0.2) is 18.2 Å². The molecule has 2 aliphatic rings. The Bertz CT molecular complexity index is 427. The standard InChI is InChI=1S/C13H15F2NO/c14-10-2-1-3-11(12(10)15)17-13(6-7-13)8-16-9-4-5-9/h1-3,9,16H,4-8H2. The minimum atomic E-state index is -0.884. The second-order valence-electron chi connectivity index (χ2n) is 4.99. The van der Waals surface area contributed by atoms with Crippen molar-refractivity contribution >= 4 is 0 Å². The Morgan fingerprint density at radius 1 is 1.29 bits per heavy atom. The lowest BCUT2D eigenvalue weighted by molar-refractivity contribution is 0.165. The van der Waals surface area contributed by atoms with Crippen LogP contribution >= 0.6 is 0 Å². The lowest BCUT2D eigenvalue weighted by Gasteiger charge is -2.19. The molecule has 0 aliphatic heterocycles. The van der Waals surface area contributed by atoms with Crippen LogP contribution in [-0.4, -0.2) is 18.2 Å². The molecule has 0 aromatic heterocycles. The summed E-state index contributed by atoms with van der Waals surface area (Å²) >= 11 is 0. The van der Waals surface area contributed by atoms with E-state index in [2.05, 4.69) is 5.32 Å². The van der Waals surface area contributed by atoms with Crippen LogP contribution < -0.4 is 10.1 Å². The van der Waals surface area contributed by atoms with E-state index in [0.717, 1.165) is 25.5 Å². The van der Waals surface area contributed by atoms with Crippen LogP contribution in [0.1, 0.15) is 25.7 Å². The fraction of sp³-hybridized carbons (Fsp3) is 0.538. The van der Waals surface area contributed by atoms with Crippen molar-refractivity contribution in [3.8, 4) is 5.75 Å². The van der Waals surface area contributed by atoms with Crippen molar-refractivity contribution in [1.29, 1.82) is 0 Å². The van der Waals surface area contributed by atoms with E-state index in [0.29, 0.717) is 6.04 Å². The van der Waals surface area contributed by atoms with Crippen molar-refractivity contribution in [2.75, 3.05) is 6.54 Å². The molecule has 0 saturated heterocycles. The summed E-state index contributed by atoms with van der Waals surface area (Å²) in [7, 11) is 0. The van der Waals surface area contributed by atoms with Crippen molar-refractivity contribution in [1.82, 2.24) is 5.32 Å². The van der Waals surface area contributed by atoms with E-state index in [9.17, 15) is 8.78 Å². The molecule has 1 aromatic carbocycles. The molecule has 2 nitrogen and oxygen atoms in total. The van der Waals surface area contributed by atoms with E-state index in [1.807, 2.05) is 0 Å². The van der Waals surface area contributed by atoms with Gasteiger partial charge in [0.1, 0.15) is 5.60 Å². The summed E-state index contributed by atoms with van der Waals surface area (Å²) in [5, 5.41) is 3.37. The average Bonchev–Trinajstić information content (AvgIpc) is 3.18. The van der Waals surface area contributed by atoms with Crippen molar-refractivity contribution in [2.24, 2.45) is 0 Å². The van der Waals surface area contributed by atoms with E-state index in [1.54, 1.807) is 0 Å². The van der Waals surface area contributed by atoms with Gasteiger partial charge in [0.2, 0.25) is 5.82 Å². The number of benzene rings is 1. The molecule has 2 saturated carbocycles. The van der Waals surface area contributed by atoms with Gasteiger partial charge in [-0.15, -0.1) is 0 Å². The monoisotopic (exact) mass is 239 g/mol. The predicted octanol–water partition coefficient (Wildman–Crippen LogP) is 2.63. The number of hydrogen-bond donors (Lipinski definition) is 1. The maximum absolute atomic E-state index is 13.5. The van der Waals surface area contributed by atoms with E-state index in [1.165, 1.54) is 25.0 Å². The Hall–Kier alpha value is -1.16. The van der Waals surface area contributed by atoms with E-state index < -0.39 is 11.6 Å². The Morgan fingerprint density at radius 3 is 2.71 bits per heavy atom. The first-order valence-electron chi connectivity index (χ1n) is 6.05. The van der Waals surface area contributed by atoms with Crippen molar-refractivity contribution in [3.63, 3.8) is 0 Å². The number of halogens is 2. The maximum atomic E-state index is 13.5. The van der Waals surface area contributed by atoms with Crippen molar-refractivity contribution in [3.05, 3.63) is 29.8 Å². The minimum absolute atomic E-state index is 0.0279. The summed E-state index contributed by atoms with van der Waals surface area (Å²) in [5.74, 6) is -1.71. The molecule has 0 radical (unpaired) electrons. The highest BCUT2D eigenvalue weighted by atomic mass is 19.2. The third-order valence-electron chi connectivity index (χ3n) is 3.34. The fourth-order valence-corrected chi connectivity index (χ4v) is 1.87. The zero-order valence-electron chi connectivity index (χ0n) is 9.51. The highest BCUT2D eigenvalue weighted by Gasteiger charge is 2.46. The molecule has 92 valence electrons. The average molecular weight is 239 g/mol. The molecule has 0 spiro atoms. The van der Waals surface area contributed by atoms with Gasteiger partial charge in [-0.1, -0.05) is 6.07 Å². The summed E-state index contributed by atoms with van der Waals surface area (Å²) < 4.78 is 32.1. The highest BCUT2D eigenvalue weighted by Crippen LogP contribution is 2.41. The van der Waals surface area contributed by atoms with Gasteiger partial charge in [-0.05, 0) is 37.8 Å². The molecule has 2 aliphatic carbocycles. The second kappa shape index (κ2) is 3.95. The van der Waals surface area contributed by atoms with Gasteiger partial charge in [0.25, 0.3) is 0 Å². The molecule has 0 unspecified atom stereocenters. The normalized spacial score (nSPS) is 21.3. The molecule has 0 heterocycles. The van der Waals surface area contributed by atoms with E-state index in [4.69, 9.17) is 4.74 Å². The Balaban J connectivity index is 1.66. The molecule has 4 heteroatoms. The van der Waals surface area contributed by atoms with Crippen LogP contribution in [0, 0.1) is 11.6 Å². The Labute approximate surface area is 99.0 Å². The van der Waals surface area contributed by atoms with E-state index in [-0.39, 0.29) is 11.4 Å². The van der Waals surface area contributed by atoms with Crippen LogP contribution in [0.3, 0.4) is 0 Å². The van der Waals surface area contributed by atoms with Gasteiger partial charge < -0.3 is 10.1 Å². The van der Waals surface area contributed by atoms with Gasteiger partial charge in [0.15, 0.2) is 11.6 Å². The van der Waals surface area contributed by atoms with Gasteiger partial charge in [0, 0.05) is 12.6 Å². The maximum Gasteiger partial charge on any atom is 0.200 e. The topological polar surface area (TPSA) is 21.3 Å². The fourth-order valence-electron chi connectivity index (χ4n) is 1.87. The van der Waals surface area contributed by atoms with Crippen LogP contribution in [0.5, 0.6) is 5.75 Å². The summed E-state index contributed by atoms with van der Waals surface area (Å²) in [4.78, 5) is 0. The molecule has 1 N–H and O–H groups in total. The number of hydrogen-bond acceptors (Lipinski definition) is 2. The molecule has 0 atom stereocenters. The van der Waals surface area contributed by atoms with Gasteiger partial charge in [-0.25, -0.2) is 4.39 Å². The minimum Gasteiger partial charge on any atom is -0.483 e. The lowest BCUT2D eigenvalue weighted by atomic mass is 10.3. The highest BCUT2D eigenvalue weighted by molar-refractivity contribution is 5.27. The first kappa shape index (κ1) is 11.0. The predicted molar refractivity (Wildman–Crippen MR) is 60.0 cm³/mol. The Kier molecular flexibility index (Phi) is 2.54. The molecule has 17 heavy (non-hydrogen) atoms. The van der Waals surface area contributed by atoms with Gasteiger partial charge in [-0.2, -0.15) is 4.39 Å². The molecular formula is C13H15F2NO. The molecule has 3 rings (SSSR count). The summed E-state index contributed by atoms with van der Waals surface area (Å²) in [6.45, 7) is 0.730. The first-order chi connectivity index (χ1) is 8.19. The number of ether oxygens (including phenoxy) is 1. The number of nitrogens with one attached hydrogen (secondary N) is 1. The number of rotatable bonds is 5. The SMILES string of the molecule is Fc1cccc(OC2(CNC3CC3)CC2)c1F. The zero-order chi connectivity index (χ0) is 11.9. The quantitative estimate of drug-likeness (QED) is 0.852. The smallest absolute Gasteiger partial charge is 0.200 e. The molecular weight excluding hydrogens is 224 g/mol. The Morgan fingerprint density at radius 2 is 2.06 bits per heavy atom. The summed E-state index contributed by atoms with van der Waals surface area (Å²) in [5.41, 5.74) is -0.308. The molecule has 1 aromatic rings. The van der Waals surface area contributed by atoms with Crippen LogP contribution in [0.25, 0.3) is 0 Å². The first-order valence-corrected chi connectivity index (χ1v) is 6.05. The summed E-state index contributed by atoms with van der Waals surface area (Å²) in [6.07, 6.45) is 4.24. The summed E-state index contributed by atoms with van der Waals surface area (Å²) in [6, 6.07) is 4.66. The lowest BCUT2D eigenvalue weighted by Crippen LogP contribution is -2.34. The molecule has 0 amide bonds. The second-order valence-corrected chi connectivity index (χ2v) is 4.99. The van der Waals surface area contributed by atoms with Gasteiger partial charge >= 0.3 is 0 Å². The van der Waals surface area contributed by atoms with Crippen LogP contribution in [0.4, 0.5) is 8.78 Å². The van der Waals surface area contributed by atoms with Crippen LogP contribution in [-0.2, 0) is 0 Å². The zero-order valence-corrected chi connectivity index (χ0v) is 9.51. The van der Waals surface area contributed by atoms with Crippen molar-refractivity contribution < 1.29 is 13.5 Å². The van der Waals surface area contributed by atoms with Crippen molar-refractivity contribution in [2.45, 2.75) is 37.3 Å².